The van der Waals surface area contributed by atoms with Crippen molar-refractivity contribution < 1.29 is 14.2 Å². The summed E-state index contributed by atoms with van der Waals surface area (Å²) >= 11 is 0. The minimum Gasteiger partial charge on any atom is -0.496 e. The first-order valence-electron chi connectivity index (χ1n) is 8.85. The Bertz CT molecular complexity index is 537. The van der Waals surface area contributed by atoms with Crippen LogP contribution in [0.3, 0.4) is 0 Å². The maximum Gasteiger partial charge on any atom is 0.123 e. The van der Waals surface area contributed by atoms with Gasteiger partial charge in [-0.05, 0) is 31.2 Å². The Balaban J connectivity index is 1.30. The second-order valence-corrected chi connectivity index (χ2v) is 7.34. The van der Waals surface area contributed by atoms with E-state index in [2.05, 4.69) is 17.0 Å². The molecule has 0 aromatic heterocycles. The highest BCUT2D eigenvalue weighted by atomic mass is 16.5. The summed E-state index contributed by atoms with van der Waals surface area (Å²) in [7, 11) is 1.74. The van der Waals surface area contributed by atoms with E-state index in [0.717, 1.165) is 57.5 Å². The smallest absolute Gasteiger partial charge is 0.123 e. The van der Waals surface area contributed by atoms with Crippen LogP contribution in [0.15, 0.2) is 24.3 Å². The molecule has 3 fully saturated rings. The van der Waals surface area contributed by atoms with E-state index in [1.54, 1.807) is 7.11 Å². The third kappa shape index (κ3) is 3.25. The van der Waals surface area contributed by atoms with Gasteiger partial charge in [0.25, 0.3) is 0 Å². The molecule has 1 atom stereocenters. The predicted octanol–water partition coefficient (Wildman–Crippen LogP) is 2.71. The van der Waals surface area contributed by atoms with Crippen LogP contribution in [0, 0.1) is 11.8 Å². The summed E-state index contributed by atoms with van der Waals surface area (Å²) in [5.41, 5.74) is 1.30. The van der Waals surface area contributed by atoms with E-state index in [9.17, 15) is 0 Å². The second kappa shape index (κ2) is 6.42. The number of hydrogen-bond donors (Lipinski definition) is 0. The van der Waals surface area contributed by atoms with E-state index < -0.39 is 0 Å². The van der Waals surface area contributed by atoms with Gasteiger partial charge in [0.15, 0.2) is 0 Å². The molecule has 0 unspecified atom stereocenters. The Morgan fingerprint density at radius 3 is 2.78 bits per heavy atom. The molecule has 2 aliphatic heterocycles. The number of hydrogen-bond acceptors (Lipinski definition) is 4. The van der Waals surface area contributed by atoms with Gasteiger partial charge < -0.3 is 14.2 Å². The van der Waals surface area contributed by atoms with E-state index in [-0.39, 0.29) is 5.60 Å². The number of likely N-dealkylation sites (tertiary alicyclic amines) is 1. The third-order valence-corrected chi connectivity index (χ3v) is 5.54. The highest BCUT2D eigenvalue weighted by molar-refractivity contribution is 5.33. The zero-order valence-electron chi connectivity index (χ0n) is 14.0. The second-order valence-electron chi connectivity index (χ2n) is 7.34. The highest BCUT2D eigenvalue weighted by Gasteiger charge is 2.52. The van der Waals surface area contributed by atoms with Gasteiger partial charge in [0, 0.05) is 44.3 Å². The van der Waals surface area contributed by atoms with E-state index >= 15 is 0 Å². The average molecular weight is 317 g/mol. The lowest BCUT2D eigenvalue weighted by molar-refractivity contribution is -0.146. The topological polar surface area (TPSA) is 30.9 Å². The summed E-state index contributed by atoms with van der Waals surface area (Å²) in [5.74, 6) is 2.39. The molecule has 4 nitrogen and oxygen atoms in total. The number of nitrogens with zero attached hydrogens (tertiary/aromatic N) is 1. The van der Waals surface area contributed by atoms with Crippen molar-refractivity contribution in [2.24, 2.45) is 11.8 Å². The molecule has 1 aromatic carbocycles. The maximum atomic E-state index is 6.13. The van der Waals surface area contributed by atoms with Crippen LogP contribution < -0.4 is 4.74 Å². The Morgan fingerprint density at radius 1 is 1.17 bits per heavy atom. The van der Waals surface area contributed by atoms with E-state index in [1.165, 1.54) is 18.4 Å². The summed E-state index contributed by atoms with van der Waals surface area (Å²) < 4.78 is 17.5. The largest absolute Gasteiger partial charge is 0.496 e. The van der Waals surface area contributed by atoms with Crippen LogP contribution in [0.25, 0.3) is 0 Å². The third-order valence-electron chi connectivity index (χ3n) is 5.54. The molecule has 1 spiro atoms. The van der Waals surface area contributed by atoms with Gasteiger partial charge in [0.1, 0.15) is 5.75 Å². The van der Waals surface area contributed by atoms with Crippen molar-refractivity contribution in [2.75, 3.05) is 40.0 Å². The zero-order chi connectivity index (χ0) is 15.7. The SMILES string of the molecule is COc1ccccc1CN1CC2(C1)OCC[C@H]2COCC1CC1. The fourth-order valence-corrected chi connectivity index (χ4v) is 3.93. The highest BCUT2D eigenvalue weighted by Crippen LogP contribution is 2.41. The van der Waals surface area contributed by atoms with Gasteiger partial charge in [-0.25, -0.2) is 0 Å². The Hall–Kier alpha value is -1.10. The van der Waals surface area contributed by atoms with Crippen LogP contribution in [0.2, 0.25) is 0 Å². The molecule has 2 heterocycles. The standard InChI is InChI=1S/C19H27NO3/c1-21-18-5-3-2-4-16(18)10-20-13-19(14-20)17(8-9-23-19)12-22-11-15-6-7-15/h2-5,15,17H,6-14H2,1H3/t17-/m0/s1. The van der Waals surface area contributed by atoms with Gasteiger partial charge in [-0.3, -0.25) is 4.90 Å². The Labute approximate surface area is 138 Å². The normalized spacial score (nSPS) is 26.4. The molecule has 0 amide bonds. The van der Waals surface area contributed by atoms with Gasteiger partial charge in [-0.15, -0.1) is 0 Å². The molecule has 0 radical (unpaired) electrons. The molecule has 1 aromatic rings. The zero-order valence-corrected chi connectivity index (χ0v) is 14.0. The van der Waals surface area contributed by atoms with Crippen LogP contribution in [0.5, 0.6) is 5.75 Å². The first-order chi connectivity index (χ1) is 11.3. The van der Waals surface area contributed by atoms with Crippen LogP contribution in [-0.4, -0.2) is 50.5 Å². The summed E-state index contributed by atoms with van der Waals surface area (Å²) in [6.45, 7) is 5.69. The fraction of sp³-hybridized carbons (Fsp3) is 0.684. The molecule has 4 rings (SSSR count). The molecule has 0 N–H and O–H groups in total. The molecular weight excluding hydrogens is 290 g/mol. The predicted molar refractivity (Wildman–Crippen MR) is 88.6 cm³/mol. The van der Waals surface area contributed by atoms with Crippen LogP contribution >= 0.6 is 0 Å². The minimum absolute atomic E-state index is 0.0472. The molecule has 1 saturated carbocycles. The molecule has 1 aliphatic carbocycles. The van der Waals surface area contributed by atoms with Crippen molar-refractivity contribution in [3.63, 3.8) is 0 Å². The summed E-state index contributed by atoms with van der Waals surface area (Å²) in [6, 6.07) is 8.28. The summed E-state index contributed by atoms with van der Waals surface area (Å²) in [4.78, 5) is 2.46. The van der Waals surface area contributed by atoms with Gasteiger partial charge >= 0.3 is 0 Å². The monoisotopic (exact) mass is 317 g/mol. The van der Waals surface area contributed by atoms with Gasteiger partial charge in [0.2, 0.25) is 0 Å². The molecule has 23 heavy (non-hydrogen) atoms. The number of benzene rings is 1. The number of para-hydroxylation sites is 1. The van der Waals surface area contributed by atoms with Gasteiger partial charge in [-0.2, -0.15) is 0 Å². The quantitative estimate of drug-likeness (QED) is 0.774. The van der Waals surface area contributed by atoms with Crippen LogP contribution in [0.1, 0.15) is 24.8 Å². The summed E-state index contributed by atoms with van der Waals surface area (Å²) in [6.07, 6.45) is 3.87. The number of ether oxygens (including phenoxy) is 3. The first kappa shape index (κ1) is 15.4. The van der Waals surface area contributed by atoms with E-state index in [0.29, 0.717) is 5.92 Å². The van der Waals surface area contributed by atoms with Crippen molar-refractivity contribution in [1.82, 2.24) is 4.90 Å². The molecule has 0 bridgehead atoms. The summed E-state index contributed by atoms with van der Waals surface area (Å²) in [5, 5.41) is 0. The first-order valence-corrected chi connectivity index (χ1v) is 8.85. The van der Waals surface area contributed by atoms with Crippen molar-refractivity contribution >= 4 is 0 Å². The van der Waals surface area contributed by atoms with Crippen molar-refractivity contribution in [2.45, 2.75) is 31.4 Å². The molecule has 4 heteroatoms. The van der Waals surface area contributed by atoms with Gasteiger partial charge in [-0.1, -0.05) is 18.2 Å². The molecule has 3 aliphatic rings. The number of methoxy groups -OCH3 is 1. The lowest BCUT2D eigenvalue weighted by atomic mass is 9.81. The van der Waals surface area contributed by atoms with Crippen molar-refractivity contribution in [1.29, 1.82) is 0 Å². The lowest BCUT2D eigenvalue weighted by Gasteiger charge is -2.50. The molecular formula is C19H27NO3. The fourth-order valence-electron chi connectivity index (χ4n) is 3.93. The Kier molecular flexibility index (Phi) is 4.31. The molecule has 126 valence electrons. The van der Waals surface area contributed by atoms with E-state index in [1.807, 2.05) is 12.1 Å². The van der Waals surface area contributed by atoms with Crippen molar-refractivity contribution in [3.05, 3.63) is 29.8 Å². The van der Waals surface area contributed by atoms with Crippen molar-refractivity contribution in [3.8, 4) is 5.75 Å². The molecule has 2 saturated heterocycles. The average Bonchev–Trinajstić information content (AvgIpc) is 3.26. The van der Waals surface area contributed by atoms with E-state index in [4.69, 9.17) is 14.2 Å². The Morgan fingerprint density at radius 2 is 2.00 bits per heavy atom. The van der Waals surface area contributed by atoms with Crippen LogP contribution in [0.4, 0.5) is 0 Å². The minimum atomic E-state index is 0.0472. The number of rotatable bonds is 7. The van der Waals surface area contributed by atoms with Gasteiger partial charge in [0.05, 0.1) is 19.3 Å². The van der Waals surface area contributed by atoms with Crippen LogP contribution in [-0.2, 0) is 16.0 Å². The maximum absolute atomic E-state index is 6.13. The lowest BCUT2D eigenvalue weighted by Crippen LogP contribution is -2.64.